The van der Waals surface area contributed by atoms with Crippen LogP contribution in [0.4, 0.5) is 5.69 Å². The van der Waals surface area contributed by atoms with Gasteiger partial charge in [-0.15, -0.1) is 0 Å². The van der Waals surface area contributed by atoms with Gasteiger partial charge in [-0.05, 0) is 31.5 Å². The molecular weight excluding hydrogens is 272 g/mol. The molecule has 1 rings (SSSR count). The predicted molar refractivity (Wildman–Crippen MR) is 76.8 cm³/mol. The van der Waals surface area contributed by atoms with Crippen molar-refractivity contribution in [3.05, 3.63) is 28.8 Å². The Hall–Kier alpha value is -0.780. The first kappa shape index (κ1) is 15.3. The van der Waals surface area contributed by atoms with Crippen LogP contribution in [0.25, 0.3) is 0 Å². The number of aryl methyl sites for hydroxylation is 1. The SMILES string of the molecule is CCCNCCS(=O)(=O)Nc1c(C)cccc1Cl. The predicted octanol–water partition coefficient (Wildman–Crippen LogP) is 2.39. The molecule has 1 aromatic rings. The Balaban J connectivity index is 2.65. The fourth-order valence-corrected chi connectivity index (χ4v) is 2.90. The maximum atomic E-state index is 11.9. The van der Waals surface area contributed by atoms with E-state index in [1.54, 1.807) is 12.1 Å². The highest BCUT2D eigenvalue weighted by Gasteiger charge is 2.13. The summed E-state index contributed by atoms with van der Waals surface area (Å²) in [6.45, 7) is 5.11. The molecule has 0 aliphatic carbocycles. The number of para-hydroxylation sites is 1. The third-order valence-electron chi connectivity index (χ3n) is 2.45. The molecule has 2 N–H and O–H groups in total. The van der Waals surface area contributed by atoms with Crippen molar-refractivity contribution in [2.75, 3.05) is 23.6 Å². The fourth-order valence-electron chi connectivity index (χ4n) is 1.48. The molecule has 0 saturated carbocycles. The van der Waals surface area contributed by atoms with Crippen LogP contribution in [-0.2, 0) is 10.0 Å². The zero-order valence-corrected chi connectivity index (χ0v) is 12.2. The second-order valence-electron chi connectivity index (χ2n) is 4.10. The largest absolute Gasteiger partial charge is 0.316 e. The summed E-state index contributed by atoms with van der Waals surface area (Å²) in [5.41, 5.74) is 1.28. The number of nitrogens with one attached hydrogen (secondary N) is 2. The smallest absolute Gasteiger partial charge is 0.234 e. The van der Waals surface area contributed by atoms with Crippen LogP contribution in [0.1, 0.15) is 18.9 Å². The van der Waals surface area contributed by atoms with Crippen molar-refractivity contribution in [3.63, 3.8) is 0 Å². The lowest BCUT2D eigenvalue weighted by Crippen LogP contribution is -2.27. The van der Waals surface area contributed by atoms with Gasteiger partial charge in [-0.2, -0.15) is 0 Å². The summed E-state index contributed by atoms with van der Waals surface area (Å²) in [5, 5.41) is 3.47. The fraction of sp³-hybridized carbons (Fsp3) is 0.500. The molecule has 18 heavy (non-hydrogen) atoms. The minimum atomic E-state index is -3.36. The van der Waals surface area contributed by atoms with Gasteiger partial charge in [-0.3, -0.25) is 4.72 Å². The molecule has 1 aromatic carbocycles. The van der Waals surface area contributed by atoms with Crippen molar-refractivity contribution in [3.8, 4) is 0 Å². The standard InChI is InChI=1S/C12H19ClN2O2S/c1-3-7-14-8-9-18(16,17)15-12-10(2)5-4-6-11(12)13/h4-6,14-15H,3,7-9H2,1-2H3. The Morgan fingerprint density at radius 2 is 2.00 bits per heavy atom. The van der Waals surface area contributed by atoms with E-state index in [0.29, 0.717) is 17.3 Å². The minimum absolute atomic E-state index is 0.0393. The highest BCUT2D eigenvalue weighted by molar-refractivity contribution is 7.92. The van der Waals surface area contributed by atoms with Crippen LogP contribution < -0.4 is 10.0 Å². The Bertz CT molecular complexity index is 469. The van der Waals surface area contributed by atoms with Crippen molar-refractivity contribution in [1.29, 1.82) is 0 Å². The van der Waals surface area contributed by atoms with Crippen molar-refractivity contribution < 1.29 is 8.42 Å². The van der Waals surface area contributed by atoms with Crippen molar-refractivity contribution in [2.45, 2.75) is 20.3 Å². The van der Waals surface area contributed by atoms with E-state index >= 15 is 0 Å². The molecule has 0 spiro atoms. The molecule has 0 fully saturated rings. The van der Waals surface area contributed by atoms with E-state index in [4.69, 9.17) is 11.6 Å². The van der Waals surface area contributed by atoms with Crippen LogP contribution in [0.5, 0.6) is 0 Å². The first-order valence-electron chi connectivity index (χ1n) is 5.92. The van der Waals surface area contributed by atoms with Crippen LogP contribution >= 0.6 is 11.6 Å². The van der Waals surface area contributed by atoms with Gasteiger partial charge in [0.25, 0.3) is 0 Å². The zero-order chi connectivity index (χ0) is 13.6. The van der Waals surface area contributed by atoms with Gasteiger partial charge in [0.1, 0.15) is 0 Å². The molecule has 4 nitrogen and oxygen atoms in total. The Morgan fingerprint density at radius 1 is 1.28 bits per heavy atom. The number of hydrogen-bond donors (Lipinski definition) is 2. The topological polar surface area (TPSA) is 58.2 Å². The average Bonchev–Trinajstić information content (AvgIpc) is 2.30. The van der Waals surface area contributed by atoms with Crippen LogP contribution in [0, 0.1) is 6.92 Å². The third kappa shape index (κ3) is 4.84. The van der Waals surface area contributed by atoms with Gasteiger partial charge >= 0.3 is 0 Å². The Kier molecular flexibility index (Phi) is 5.91. The number of benzene rings is 1. The van der Waals surface area contributed by atoms with Crippen LogP contribution in [0.2, 0.25) is 5.02 Å². The van der Waals surface area contributed by atoms with E-state index in [9.17, 15) is 8.42 Å². The van der Waals surface area contributed by atoms with E-state index in [2.05, 4.69) is 10.0 Å². The maximum absolute atomic E-state index is 11.9. The summed E-state index contributed by atoms with van der Waals surface area (Å²) in [6, 6.07) is 5.28. The van der Waals surface area contributed by atoms with Crippen molar-refractivity contribution >= 4 is 27.3 Å². The van der Waals surface area contributed by atoms with E-state index < -0.39 is 10.0 Å². The molecule has 102 valence electrons. The van der Waals surface area contributed by atoms with Crippen LogP contribution in [0.3, 0.4) is 0 Å². The van der Waals surface area contributed by atoms with Gasteiger partial charge in [0.15, 0.2) is 0 Å². The third-order valence-corrected chi connectivity index (χ3v) is 4.03. The van der Waals surface area contributed by atoms with Gasteiger partial charge in [-0.1, -0.05) is 30.7 Å². The quantitative estimate of drug-likeness (QED) is 0.758. The molecule has 0 aliphatic heterocycles. The summed E-state index contributed by atoms with van der Waals surface area (Å²) in [4.78, 5) is 0. The lowest BCUT2D eigenvalue weighted by Gasteiger charge is -2.12. The number of anilines is 1. The van der Waals surface area contributed by atoms with Crippen LogP contribution in [0.15, 0.2) is 18.2 Å². The number of sulfonamides is 1. The monoisotopic (exact) mass is 290 g/mol. The molecule has 0 atom stereocenters. The Labute approximate surface area is 114 Å². The molecular formula is C12H19ClN2O2S. The molecule has 0 heterocycles. The zero-order valence-electron chi connectivity index (χ0n) is 10.7. The average molecular weight is 291 g/mol. The highest BCUT2D eigenvalue weighted by Crippen LogP contribution is 2.26. The molecule has 0 aromatic heterocycles. The summed E-state index contributed by atoms with van der Waals surface area (Å²) >= 11 is 5.98. The normalized spacial score (nSPS) is 11.5. The number of hydrogen-bond acceptors (Lipinski definition) is 3. The maximum Gasteiger partial charge on any atom is 0.234 e. The second kappa shape index (κ2) is 6.97. The minimum Gasteiger partial charge on any atom is -0.316 e. The molecule has 0 radical (unpaired) electrons. The van der Waals surface area contributed by atoms with E-state index in [1.807, 2.05) is 19.9 Å². The van der Waals surface area contributed by atoms with Gasteiger partial charge in [0.05, 0.1) is 16.5 Å². The van der Waals surface area contributed by atoms with E-state index in [-0.39, 0.29) is 5.75 Å². The number of halogens is 1. The summed E-state index contributed by atoms with van der Waals surface area (Å²) < 4.78 is 26.2. The molecule has 0 bridgehead atoms. The summed E-state index contributed by atoms with van der Waals surface area (Å²) in [7, 11) is -3.36. The molecule has 0 unspecified atom stereocenters. The molecule has 0 saturated heterocycles. The van der Waals surface area contributed by atoms with E-state index in [0.717, 1.165) is 18.5 Å². The first-order chi connectivity index (χ1) is 8.46. The molecule has 0 amide bonds. The van der Waals surface area contributed by atoms with Gasteiger partial charge in [0, 0.05) is 6.54 Å². The van der Waals surface area contributed by atoms with Gasteiger partial charge in [0.2, 0.25) is 10.0 Å². The second-order valence-corrected chi connectivity index (χ2v) is 6.35. The van der Waals surface area contributed by atoms with Crippen molar-refractivity contribution in [2.24, 2.45) is 0 Å². The lowest BCUT2D eigenvalue weighted by molar-refractivity contribution is 0.595. The molecule has 0 aliphatic rings. The Morgan fingerprint density at radius 3 is 2.61 bits per heavy atom. The van der Waals surface area contributed by atoms with Crippen molar-refractivity contribution in [1.82, 2.24) is 5.32 Å². The molecule has 6 heteroatoms. The first-order valence-corrected chi connectivity index (χ1v) is 7.95. The summed E-state index contributed by atoms with van der Waals surface area (Å²) in [6.07, 6.45) is 0.983. The van der Waals surface area contributed by atoms with Gasteiger partial charge in [-0.25, -0.2) is 8.42 Å². The summed E-state index contributed by atoms with van der Waals surface area (Å²) in [5.74, 6) is 0.0393. The van der Waals surface area contributed by atoms with Crippen LogP contribution in [-0.4, -0.2) is 27.3 Å². The highest BCUT2D eigenvalue weighted by atomic mass is 35.5. The number of rotatable bonds is 7. The lowest BCUT2D eigenvalue weighted by atomic mass is 10.2. The van der Waals surface area contributed by atoms with E-state index in [1.165, 1.54) is 0 Å². The van der Waals surface area contributed by atoms with Gasteiger partial charge < -0.3 is 5.32 Å².